The molecule has 3 aromatic rings. The largest absolute Gasteiger partial charge is 0.462 e. The number of nitrogens with zero attached hydrogens (tertiary/aromatic N) is 2. The number of aromatic nitrogens is 2. The molecule has 5 nitrogen and oxygen atoms in total. The molecule has 0 fully saturated rings. The molecule has 0 atom stereocenters. The minimum Gasteiger partial charge on any atom is -0.462 e. The van der Waals surface area contributed by atoms with Crippen LogP contribution in [0.25, 0.3) is 11.0 Å². The molecule has 0 aliphatic rings. The molecular formula is C19H18FN3O2. The lowest BCUT2D eigenvalue weighted by atomic mass is 10.1. The zero-order valence-corrected chi connectivity index (χ0v) is 14.3. The molecule has 0 amide bonds. The maximum absolute atomic E-state index is 14.3. The Morgan fingerprint density at radius 1 is 1.24 bits per heavy atom. The third kappa shape index (κ3) is 3.42. The van der Waals surface area contributed by atoms with E-state index >= 15 is 0 Å². The van der Waals surface area contributed by atoms with Crippen molar-refractivity contribution in [3.05, 3.63) is 59.2 Å². The molecule has 6 heteroatoms. The number of ether oxygens (including phenoxy) is 1. The fourth-order valence-corrected chi connectivity index (χ4v) is 2.53. The maximum atomic E-state index is 14.3. The van der Waals surface area contributed by atoms with Gasteiger partial charge in [-0.1, -0.05) is 6.07 Å². The molecule has 1 aromatic carbocycles. The van der Waals surface area contributed by atoms with Crippen molar-refractivity contribution in [2.45, 2.75) is 20.8 Å². The molecule has 0 aliphatic heterocycles. The first kappa shape index (κ1) is 16.8. The lowest BCUT2D eigenvalue weighted by molar-refractivity contribution is 0.0527. The van der Waals surface area contributed by atoms with Crippen LogP contribution in [0.1, 0.15) is 28.5 Å². The molecule has 0 aliphatic carbocycles. The predicted molar refractivity (Wildman–Crippen MR) is 94.7 cm³/mol. The smallest absolute Gasteiger partial charge is 0.341 e. The number of fused-ring (bicyclic) bond motifs is 1. The molecule has 128 valence electrons. The minimum atomic E-state index is -0.521. The Bertz CT molecular complexity index is 957. The van der Waals surface area contributed by atoms with Crippen molar-refractivity contribution in [3.63, 3.8) is 0 Å². The molecule has 1 N–H and O–H groups in total. The number of nitrogens with one attached hydrogen (secondary N) is 1. The van der Waals surface area contributed by atoms with Crippen molar-refractivity contribution in [3.8, 4) is 0 Å². The Kier molecular flexibility index (Phi) is 4.61. The Morgan fingerprint density at radius 2 is 2.04 bits per heavy atom. The summed E-state index contributed by atoms with van der Waals surface area (Å²) in [4.78, 5) is 20.9. The van der Waals surface area contributed by atoms with Gasteiger partial charge in [-0.3, -0.25) is 0 Å². The number of benzene rings is 1. The molecule has 0 saturated carbocycles. The zero-order valence-electron chi connectivity index (χ0n) is 14.3. The number of aryl methyl sites for hydroxylation is 2. The van der Waals surface area contributed by atoms with E-state index in [1.807, 2.05) is 26.0 Å². The predicted octanol–water partition coefficient (Wildman–Crippen LogP) is 4.31. The molecule has 2 aromatic heterocycles. The summed E-state index contributed by atoms with van der Waals surface area (Å²) >= 11 is 0. The van der Waals surface area contributed by atoms with E-state index in [2.05, 4.69) is 15.3 Å². The van der Waals surface area contributed by atoms with E-state index in [4.69, 9.17) is 4.74 Å². The summed E-state index contributed by atoms with van der Waals surface area (Å²) in [6, 6.07) is 8.48. The van der Waals surface area contributed by atoms with E-state index < -0.39 is 11.8 Å². The average Bonchev–Trinajstić information content (AvgIpc) is 2.57. The molecule has 0 radical (unpaired) electrons. The Morgan fingerprint density at radius 3 is 2.76 bits per heavy atom. The first-order chi connectivity index (χ1) is 12.0. The highest BCUT2D eigenvalue weighted by Gasteiger charge is 2.18. The highest BCUT2D eigenvalue weighted by molar-refractivity contribution is 6.05. The molecule has 0 spiro atoms. The molecule has 25 heavy (non-hydrogen) atoms. The van der Waals surface area contributed by atoms with Gasteiger partial charge in [-0.15, -0.1) is 0 Å². The SMILES string of the molecule is CCOC(=O)c1cnc2nc(C)ccc2c1Nc1ccc(C)cc1F. The number of hydrogen-bond acceptors (Lipinski definition) is 5. The number of esters is 1. The van der Waals surface area contributed by atoms with Crippen molar-refractivity contribution < 1.29 is 13.9 Å². The van der Waals surface area contributed by atoms with E-state index in [1.165, 1.54) is 12.3 Å². The van der Waals surface area contributed by atoms with Crippen LogP contribution in [0.2, 0.25) is 0 Å². The van der Waals surface area contributed by atoms with Gasteiger partial charge in [-0.25, -0.2) is 19.2 Å². The standard InChI is InChI=1S/C19H18FN3O2/c1-4-25-19(24)14-10-21-18-13(7-6-12(3)22-18)17(14)23-16-8-5-11(2)9-15(16)20/h5-10H,4H2,1-3H3,(H,21,22,23). The summed E-state index contributed by atoms with van der Waals surface area (Å²) in [5.41, 5.74) is 3.02. The van der Waals surface area contributed by atoms with Crippen LogP contribution in [0.4, 0.5) is 15.8 Å². The van der Waals surface area contributed by atoms with Gasteiger partial charge < -0.3 is 10.1 Å². The van der Waals surface area contributed by atoms with Gasteiger partial charge >= 0.3 is 5.97 Å². The van der Waals surface area contributed by atoms with E-state index in [0.717, 1.165) is 11.3 Å². The molecule has 0 unspecified atom stereocenters. The number of carbonyl (C=O) groups is 1. The monoisotopic (exact) mass is 339 g/mol. The fourth-order valence-electron chi connectivity index (χ4n) is 2.53. The van der Waals surface area contributed by atoms with Crippen molar-refractivity contribution in [1.82, 2.24) is 9.97 Å². The van der Waals surface area contributed by atoms with E-state index in [1.54, 1.807) is 19.1 Å². The fraction of sp³-hybridized carbons (Fsp3) is 0.211. The second kappa shape index (κ2) is 6.84. The molecule has 3 rings (SSSR count). The third-order valence-electron chi connectivity index (χ3n) is 3.75. The third-order valence-corrected chi connectivity index (χ3v) is 3.75. The van der Waals surface area contributed by atoms with Crippen molar-refractivity contribution in [1.29, 1.82) is 0 Å². The van der Waals surface area contributed by atoms with Crippen LogP contribution in [0.5, 0.6) is 0 Å². The summed E-state index contributed by atoms with van der Waals surface area (Å²) in [7, 11) is 0. The summed E-state index contributed by atoms with van der Waals surface area (Å²) in [6.07, 6.45) is 1.40. The van der Waals surface area contributed by atoms with Crippen LogP contribution >= 0.6 is 0 Å². The lowest BCUT2D eigenvalue weighted by Gasteiger charge is -2.14. The number of halogens is 1. The maximum Gasteiger partial charge on any atom is 0.341 e. The molecule has 0 saturated heterocycles. The first-order valence-electron chi connectivity index (χ1n) is 7.96. The van der Waals surface area contributed by atoms with Crippen LogP contribution in [-0.2, 0) is 4.74 Å². The van der Waals surface area contributed by atoms with E-state index in [-0.39, 0.29) is 17.9 Å². The van der Waals surface area contributed by atoms with Crippen LogP contribution in [0.15, 0.2) is 36.5 Å². The number of rotatable bonds is 4. The number of hydrogen-bond donors (Lipinski definition) is 1. The Hall–Kier alpha value is -3.02. The van der Waals surface area contributed by atoms with Gasteiger partial charge in [0.05, 0.1) is 18.0 Å². The summed E-state index contributed by atoms with van der Waals surface area (Å²) in [6.45, 7) is 5.63. The minimum absolute atomic E-state index is 0.236. The van der Waals surface area contributed by atoms with E-state index in [9.17, 15) is 9.18 Å². The van der Waals surface area contributed by atoms with Crippen LogP contribution in [0, 0.1) is 19.7 Å². The Labute approximate surface area is 144 Å². The van der Waals surface area contributed by atoms with Gasteiger partial charge in [0, 0.05) is 17.3 Å². The summed E-state index contributed by atoms with van der Waals surface area (Å²) in [5.74, 6) is -0.924. The summed E-state index contributed by atoms with van der Waals surface area (Å²) in [5, 5.41) is 3.64. The van der Waals surface area contributed by atoms with Crippen LogP contribution < -0.4 is 5.32 Å². The summed E-state index contributed by atoms with van der Waals surface area (Å²) < 4.78 is 19.4. The topological polar surface area (TPSA) is 64.1 Å². The van der Waals surface area contributed by atoms with Gasteiger partial charge in [0.15, 0.2) is 5.65 Å². The van der Waals surface area contributed by atoms with Gasteiger partial charge in [0.1, 0.15) is 11.4 Å². The number of pyridine rings is 2. The Balaban J connectivity index is 2.17. The number of anilines is 2. The highest BCUT2D eigenvalue weighted by Crippen LogP contribution is 2.30. The van der Waals surface area contributed by atoms with Crippen molar-refractivity contribution in [2.75, 3.05) is 11.9 Å². The highest BCUT2D eigenvalue weighted by atomic mass is 19.1. The van der Waals surface area contributed by atoms with E-state index in [0.29, 0.717) is 16.7 Å². The molecular weight excluding hydrogens is 321 g/mol. The van der Waals surface area contributed by atoms with Gasteiger partial charge in [-0.05, 0) is 50.6 Å². The molecule has 2 heterocycles. The van der Waals surface area contributed by atoms with Crippen LogP contribution in [-0.4, -0.2) is 22.5 Å². The van der Waals surface area contributed by atoms with Crippen molar-refractivity contribution >= 4 is 28.4 Å². The van der Waals surface area contributed by atoms with Crippen LogP contribution in [0.3, 0.4) is 0 Å². The second-order valence-electron chi connectivity index (χ2n) is 5.70. The first-order valence-corrected chi connectivity index (χ1v) is 7.96. The average molecular weight is 339 g/mol. The van der Waals surface area contributed by atoms with Crippen molar-refractivity contribution in [2.24, 2.45) is 0 Å². The quantitative estimate of drug-likeness (QED) is 0.718. The van der Waals surface area contributed by atoms with Gasteiger partial charge in [0.25, 0.3) is 0 Å². The van der Waals surface area contributed by atoms with Gasteiger partial charge in [0.2, 0.25) is 0 Å². The second-order valence-corrected chi connectivity index (χ2v) is 5.70. The number of carbonyl (C=O) groups excluding carboxylic acids is 1. The zero-order chi connectivity index (χ0) is 18.0. The van der Waals surface area contributed by atoms with Gasteiger partial charge in [-0.2, -0.15) is 0 Å². The molecule has 0 bridgehead atoms. The normalized spacial score (nSPS) is 10.7. The lowest BCUT2D eigenvalue weighted by Crippen LogP contribution is -2.10.